The number of benzene rings is 1. The zero-order valence-electron chi connectivity index (χ0n) is 19.8. The van der Waals surface area contributed by atoms with Gasteiger partial charge in [0.25, 0.3) is 0 Å². The third-order valence-electron chi connectivity index (χ3n) is 7.28. The fourth-order valence-corrected chi connectivity index (χ4v) is 5.58. The lowest BCUT2D eigenvalue weighted by molar-refractivity contribution is -0.170. The molecule has 6 rings (SSSR count). The Hall–Kier alpha value is -3.77. The second-order valence-corrected chi connectivity index (χ2v) is 9.84. The number of aromatic nitrogens is 1. The topological polar surface area (TPSA) is 195 Å². The molecule has 4 aliphatic rings. The molecule has 4 bridgehead atoms. The summed E-state index contributed by atoms with van der Waals surface area (Å²) >= 11 is 0. The van der Waals surface area contributed by atoms with Crippen LogP contribution in [0, 0.1) is 5.92 Å². The summed E-state index contributed by atoms with van der Waals surface area (Å²) in [5, 5.41) is 34.7. The van der Waals surface area contributed by atoms with Crippen molar-refractivity contribution in [3.63, 3.8) is 0 Å². The Labute approximate surface area is 210 Å². The molecule has 12 heteroatoms. The summed E-state index contributed by atoms with van der Waals surface area (Å²) in [5.74, 6) is -4.62. The highest BCUT2D eigenvalue weighted by Gasteiger charge is 2.49. The van der Waals surface area contributed by atoms with E-state index >= 15 is 0 Å². The first-order valence-electron chi connectivity index (χ1n) is 11.9. The number of aliphatic hydroxyl groups is 1. The number of carboxylic acid groups (broad SMARTS) is 3. The van der Waals surface area contributed by atoms with Gasteiger partial charge in [-0.3, -0.25) is 19.3 Å². The molecule has 5 heterocycles. The van der Waals surface area contributed by atoms with Gasteiger partial charge in [-0.25, -0.2) is 9.59 Å². The average molecular weight is 517 g/mol. The van der Waals surface area contributed by atoms with Crippen LogP contribution in [0.4, 0.5) is 0 Å². The number of ether oxygens (including phenoxy) is 1. The van der Waals surface area contributed by atoms with Crippen LogP contribution >= 0.6 is 0 Å². The first kappa shape index (κ1) is 26.3. The average Bonchev–Trinajstić information content (AvgIpc) is 3.23. The van der Waals surface area contributed by atoms with Gasteiger partial charge in [-0.15, -0.1) is 0 Å². The summed E-state index contributed by atoms with van der Waals surface area (Å²) in [4.78, 5) is 60.5. The highest BCUT2D eigenvalue weighted by atomic mass is 16.5. The van der Waals surface area contributed by atoms with Gasteiger partial charge in [0.15, 0.2) is 5.60 Å². The van der Waals surface area contributed by atoms with Gasteiger partial charge in [0.05, 0.1) is 24.9 Å². The molecule has 0 radical (unpaired) electrons. The summed E-state index contributed by atoms with van der Waals surface area (Å²) in [7, 11) is 0. The molecule has 0 aliphatic carbocycles. The molecule has 4 saturated heterocycles. The molecule has 37 heavy (non-hydrogen) atoms. The minimum Gasteiger partial charge on any atom is -0.481 e. The fraction of sp³-hybridized carbons (Fsp3) is 0.480. The maximum Gasteiger partial charge on any atom is 0.340 e. The number of H-pyrrole nitrogens is 1. The van der Waals surface area contributed by atoms with Gasteiger partial charge < -0.3 is 30.1 Å². The number of hydrogen-bond acceptors (Lipinski definition) is 8. The number of carbonyl (C=O) groups is 5. The third-order valence-corrected chi connectivity index (χ3v) is 7.28. The van der Waals surface area contributed by atoms with Crippen LogP contribution in [0.15, 0.2) is 30.5 Å². The molecule has 1 aromatic heterocycles. The normalized spacial score (nSPS) is 26.2. The number of para-hydroxylation sites is 1. The highest BCUT2D eigenvalue weighted by Crippen LogP contribution is 2.42. The number of hydrogen-bond donors (Lipinski definition) is 5. The third kappa shape index (κ3) is 5.65. The first-order chi connectivity index (χ1) is 17.5. The second kappa shape index (κ2) is 10.3. The lowest BCUT2D eigenvalue weighted by Crippen LogP contribution is -2.63. The summed E-state index contributed by atoms with van der Waals surface area (Å²) in [6.07, 6.45) is 3.01. The molecule has 5 atom stereocenters. The quantitative estimate of drug-likeness (QED) is 0.333. The van der Waals surface area contributed by atoms with Crippen LogP contribution in [0.1, 0.15) is 48.9 Å². The number of carboxylic acids is 3. The van der Waals surface area contributed by atoms with E-state index in [0.717, 1.165) is 36.6 Å². The molecule has 5 N–H and O–H groups in total. The van der Waals surface area contributed by atoms with E-state index in [1.165, 1.54) is 0 Å². The number of rotatable bonds is 7. The van der Waals surface area contributed by atoms with Crippen molar-refractivity contribution in [1.82, 2.24) is 9.88 Å². The van der Waals surface area contributed by atoms with E-state index < -0.39 is 36.4 Å². The number of nitrogens with zero attached hydrogens (tertiary/aromatic N) is 1. The molecular formula is C25H28N2O10. The molecule has 4 fully saturated rings. The van der Waals surface area contributed by atoms with E-state index in [9.17, 15) is 24.0 Å². The van der Waals surface area contributed by atoms with Crippen LogP contribution in [0.3, 0.4) is 0 Å². The van der Waals surface area contributed by atoms with Crippen molar-refractivity contribution in [2.24, 2.45) is 5.92 Å². The van der Waals surface area contributed by atoms with Gasteiger partial charge in [-0.2, -0.15) is 0 Å². The Balaban J connectivity index is 0.000000212. The minimum atomic E-state index is -2.74. The number of fused-ring (bicyclic) bond motifs is 2. The van der Waals surface area contributed by atoms with E-state index in [4.69, 9.17) is 25.2 Å². The SMILES string of the molecule is O=C(O)CC(O)(CC(=O)O)C(=O)O.O=C(OC1C[C@@H]2CC3C[C@H](C1)N2CC3=O)c1c[nH]c2ccccc12. The summed E-state index contributed by atoms with van der Waals surface area (Å²) in [6, 6.07) is 8.58. The van der Waals surface area contributed by atoms with Crippen LogP contribution in [0.2, 0.25) is 0 Å². The summed E-state index contributed by atoms with van der Waals surface area (Å²) in [5.41, 5.74) is -1.18. The van der Waals surface area contributed by atoms with Crippen molar-refractivity contribution in [2.45, 2.75) is 62.3 Å². The van der Waals surface area contributed by atoms with Gasteiger partial charge in [-0.1, -0.05) is 18.2 Å². The fourth-order valence-electron chi connectivity index (χ4n) is 5.58. The number of aliphatic carboxylic acids is 3. The highest BCUT2D eigenvalue weighted by molar-refractivity contribution is 6.04. The van der Waals surface area contributed by atoms with Crippen molar-refractivity contribution in [2.75, 3.05) is 6.54 Å². The molecule has 0 saturated carbocycles. The predicted octanol–water partition coefficient (Wildman–Crippen LogP) is 1.27. The van der Waals surface area contributed by atoms with E-state index in [1.807, 2.05) is 24.3 Å². The molecule has 3 unspecified atom stereocenters. The van der Waals surface area contributed by atoms with Gasteiger partial charge in [-0.05, 0) is 18.9 Å². The Morgan fingerprint density at radius 3 is 2.11 bits per heavy atom. The maximum absolute atomic E-state index is 12.6. The van der Waals surface area contributed by atoms with Gasteiger partial charge in [0.2, 0.25) is 0 Å². The second-order valence-electron chi connectivity index (χ2n) is 9.84. The standard InChI is InChI=1S/C19H20N2O3.C6H8O7/c22-18-10-21-12-5-11(18)6-13(21)8-14(7-12)24-19(23)16-9-20-17-4-2-1-3-15(16)17;7-3(8)1-6(13,5(11)12)2-4(9)10/h1-4,9,11-14,20H,5-8,10H2;13H,1-2H2,(H,7,8)(H,9,10)(H,11,12)/t11?,12-,13+,14?;. The number of ketones is 1. The summed E-state index contributed by atoms with van der Waals surface area (Å²) < 4.78 is 5.84. The zero-order valence-corrected chi connectivity index (χ0v) is 19.8. The van der Waals surface area contributed by atoms with E-state index in [0.29, 0.717) is 30.0 Å². The lowest BCUT2D eigenvalue weighted by Gasteiger charge is -2.54. The van der Waals surface area contributed by atoms with Crippen LogP contribution in [0.5, 0.6) is 0 Å². The smallest absolute Gasteiger partial charge is 0.340 e. The van der Waals surface area contributed by atoms with Crippen molar-refractivity contribution in [1.29, 1.82) is 0 Å². The van der Waals surface area contributed by atoms with Crippen LogP contribution in [-0.4, -0.2) is 90.3 Å². The number of Topliss-reactive ketones (excluding diaryl/α,β-unsaturated/α-hetero) is 1. The number of nitrogens with one attached hydrogen (secondary N) is 1. The maximum atomic E-state index is 12.6. The Morgan fingerprint density at radius 2 is 1.57 bits per heavy atom. The lowest BCUT2D eigenvalue weighted by atomic mass is 9.72. The predicted molar refractivity (Wildman–Crippen MR) is 126 cm³/mol. The van der Waals surface area contributed by atoms with Gasteiger partial charge in [0.1, 0.15) is 11.9 Å². The molecule has 0 amide bonds. The number of aromatic amines is 1. The Morgan fingerprint density at radius 1 is 0.973 bits per heavy atom. The first-order valence-corrected chi connectivity index (χ1v) is 11.9. The Kier molecular flexibility index (Phi) is 7.32. The van der Waals surface area contributed by atoms with E-state index in [2.05, 4.69) is 9.88 Å². The van der Waals surface area contributed by atoms with E-state index in [1.54, 1.807) is 6.20 Å². The van der Waals surface area contributed by atoms with Crippen molar-refractivity contribution < 1.29 is 49.1 Å². The molecule has 2 aromatic rings. The number of carbonyl (C=O) groups excluding carboxylic acids is 2. The Bertz CT molecular complexity index is 1210. The number of esters is 1. The molecule has 4 aliphatic heterocycles. The van der Waals surface area contributed by atoms with Crippen LogP contribution < -0.4 is 0 Å². The largest absolute Gasteiger partial charge is 0.481 e. The van der Waals surface area contributed by atoms with Crippen molar-refractivity contribution in [3.8, 4) is 0 Å². The van der Waals surface area contributed by atoms with Crippen LogP contribution in [0.25, 0.3) is 10.9 Å². The van der Waals surface area contributed by atoms with Gasteiger partial charge >= 0.3 is 23.9 Å². The van der Waals surface area contributed by atoms with Crippen molar-refractivity contribution >= 4 is 40.6 Å². The zero-order chi connectivity index (χ0) is 26.9. The monoisotopic (exact) mass is 516 g/mol. The van der Waals surface area contributed by atoms with Crippen LogP contribution in [-0.2, 0) is 23.9 Å². The minimum absolute atomic E-state index is 0.0356. The molecule has 198 valence electrons. The van der Waals surface area contributed by atoms with E-state index in [-0.39, 0.29) is 18.0 Å². The van der Waals surface area contributed by atoms with Crippen molar-refractivity contribution in [3.05, 3.63) is 36.0 Å². The number of piperidine rings is 4. The molecule has 12 nitrogen and oxygen atoms in total. The molecule has 0 spiro atoms. The molecule has 1 aromatic carbocycles. The van der Waals surface area contributed by atoms with Gasteiger partial charge in [0, 0.05) is 47.9 Å². The molecular weight excluding hydrogens is 488 g/mol. The summed E-state index contributed by atoms with van der Waals surface area (Å²) in [6.45, 7) is 0.600.